The standard InChI is InChI=1S/C13H27N/c1-5-9-10-11-13(14-8-4)12(6-2)7-3/h5,12-14H,1,6-11H2,2-4H3. The topological polar surface area (TPSA) is 12.0 Å². The van der Waals surface area contributed by atoms with Crippen molar-refractivity contribution in [3.63, 3.8) is 0 Å². The van der Waals surface area contributed by atoms with E-state index in [4.69, 9.17) is 0 Å². The molecule has 0 aliphatic heterocycles. The van der Waals surface area contributed by atoms with Crippen LogP contribution >= 0.6 is 0 Å². The monoisotopic (exact) mass is 197 g/mol. The van der Waals surface area contributed by atoms with Crippen LogP contribution in [0.5, 0.6) is 0 Å². The third-order valence-corrected chi connectivity index (χ3v) is 3.01. The summed E-state index contributed by atoms with van der Waals surface area (Å²) in [5, 5.41) is 3.61. The maximum absolute atomic E-state index is 3.77. The second-order valence-electron chi connectivity index (χ2n) is 3.96. The molecule has 0 saturated heterocycles. The predicted octanol–water partition coefficient (Wildman–Crippen LogP) is 3.76. The summed E-state index contributed by atoms with van der Waals surface area (Å²) in [6, 6.07) is 0.718. The summed E-state index contributed by atoms with van der Waals surface area (Å²) in [4.78, 5) is 0. The summed E-state index contributed by atoms with van der Waals surface area (Å²) < 4.78 is 0. The smallest absolute Gasteiger partial charge is 0.00951 e. The SMILES string of the molecule is C=CCCCC(NCC)C(CC)CC. The molecule has 0 bridgehead atoms. The first-order valence-electron chi connectivity index (χ1n) is 6.14. The van der Waals surface area contributed by atoms with Gasteiger partial charge in [0, 0.05) is 6.04 Å². The molecule has 0 amide bonds. The summed E-state index contributed by atoms with van der Waals surface area (Å²) in [5.41, 5.74) is 0. The van der Waals surface area contributed by atoms with Gasteiger partial charge < -0.3 is 5.32 Å². The van der Waals surface area contributed by atoms with Crippen molar-refractivity contribution in [2.24, 2.45) is 5.92 Å². The van der Waals surface area contributed by atoms with E-state index in [0.29, 0.717) is 0 Å². The summed E-state index contributed by atoms with van der Waals surface area (Å²) in [7, 11) is 0. The van der Waals surface area contributed by atoms with Crippen molar-refractivity contribution in [1.82, 2.24) is 5.32 Å². The second kappa shape index (κ2) is 9.26. The maximum atomic E-state index is 3.77. The van der Waals surface area contributed by atoms with Gasteiger partial charge in [-0.05, 0) is 31.7 Å². The molecule has 0 rings (SSSR count). The van der Waals surface area contributed by atoms with Crippen molar-refractivity contribution in [2.75, 3.05) is 6.54 Å². The lowest BCUT2D eigenvalue weighted by atomic mass is 9.90. The van der Waals surface area contributed by atoms with Gasteiger partial charge in [0.1, 0.15) is 0 Å². The molecule has 0 aromatic carbocycles. The average molecular weight is 197 g/mol. The van der Waals surface area contributed by atoms with Gasteiger partial charge in [-0.1, -0.05) is 39.7 Å². The van der Waals surface area contributed by atoms with Crippen LogP contribution in [-0.2, 0) is 0 Å². The van der Waals surface area contributed by atoms with E-state index in [9.17, 15) is 0 Å². The number of rotatable bonds is 9. The largest absolute Gasteiger partial charge is 0.314 e. The molecule has 0 heterocycles. The summed E-state index contributed by atoms with van der Waals surface area (Å²) in [6.07, 6.45) is 8.34. The van der Waals surface area contributed by atoms with Gasteiger partial charge in [0.05, 0.1) is 0 Å². The Morgan fingerprint density at radius 2 is 1.86 bits per heavy atom. The van der Waals surface area contributed by atoms with E-state index in [1.165, 1.54) is 25.7 Å². The highest BCUT2D eigenvalue weighted by Crippen LogP contribution is 2.17. The highest BCUT2D eigenvalue weighted by atomic mass is 14.9. The van der Waals surface area contributed by atoms with Crippen LogP contribution in [-0.4, -0.2) is 12.6 Å². The van der Waals surface area contributed by atoms with Crippen molar-refractivity contribution in [3.8, 4) is 0 Å². The van der Waals surface area contributed by atoms with Crippen molar-refractivity contribution in [1.29, 1.82) is 0 Å². The van der Waals surface area contributed by atoms with E-state index in [0.717, 1.165) is 24.9 Å². The van der Waals surface area contributed by atoms with E-state index >= 15 is 0 Å². The number of hydrogen-bond acceptors (Lipinski definition) is 1. The van der Waals surface area contributed by atoms with Gasteiger partial charge in [0.2, 0.25) is 0 Å². The van der Waals surface area contributed by atoms with Gasteiger partial charge in [-0.2, -0.15) is 0 Å². The van der Waals surface area contributed by atoms with Crippen molar-refractivity contribution >= 4 is 0 Å². The number of nitrogens with one attached hydrogen (secondary N) is 1. The molecule has 0 spiro atoms. The summed E-state index contributed by atoms with van der Waals surface area (Å²) in [6.45, 7) is 11.7. The molecule has 0 saturated carbocycles. The van der Waals surface area contributed by atoms with Crippen LogP contribution in [0, 0.1) is 5.92 Å². The normalized spacial score (nSPS) is 13.1. The first-order valence-corrected chi connectivity index (χ1v) is 6.14. The van der Waals surface area contributed by atoms with Crippen molar-refractivity contribution in [2.45, 2.75) is 58.9 Å². The molecule has 1 nitrogen and oxygen atoms in total. The molecule has 0 radical (unpaired) electrons. The van der Waals surface area contributed by atoms with Crippen LogP contribution in [0.4, 0.5) is 0 Å². The summed E-state index contributed by atoms with van der Waals surface area (Å²) >= 11 is 0. The molecular weight excluding hydrogens is 170 g/mol. The van der Waals surface area contributed by atoms with Gasteiger partial charge in [0.15, 0.2) is 0 Å². The van der Waals surface area contributed by atoms with E-state index in [1.54, 1.807) is 0 Å². The van der Waals surface area contributed by atoms with Crippen LogP contribution < -0.4 is 5.32 Å². The number of unbranched alkanes of at least 4 members (excludes halogenated alkanes) is 1. The van der Waals surface area contributed by atoms with E-state index < -0.39 is 0 Å². The molecule has 1 atom stereocenters. The van der Waals surface area contributed by atoms with E-state index in [-0.39, 0.29) is 0 Å². The van der Waals surface area contributed by atoms with Gasteiger partial charge in [0.25, 0.3) is 0 Å². The van der Waals surface area contributed by atoms with Gasteiger partial charge in [-0.3, -0.25) is 0 Å². The zero-order chi connectivity index (χ0) is 10.8. The Morgan fingerprint density at radius 3 is 2.29 bits per heavy atom. The third kappa shape index (κ3) is 5.43. The third-order valence-electron chi connectivity index (χ3n) is 3.01. The Morgan fingerprint density at radius 1 is 1.21 bits per heavy atom. The van der Waals surface area contributed by atoms with E-state index in [2.05, 4.69) is 32.7 Å². The lowest BCUT2D eigenvalue weighted by Gasteiger charge is -2.26. The zero-order valence-electron chi connectivity index (χ0n) is 10.2. The van der Waals surface area contributed by atoms with Gasteiger partial charge >= 0.3 is 0 Å². The number of allylic oxidation sites excluding steroid dienone is 1. The molecule has 1 unspecified atom stereocenters. The van der Waals surface area contributed by atoms with Gasteiger partial charge in [-0.15, -0.1) is 6.58 Å². The first kappa shape index (κ1) is 13.7. The van der Waals surface area contributed by atoms with Crippen molar-refractivity contribution in [3.05, 3.63) is 12.7 Å². The van der Waals surface area contributed by atoms with Gasteiger partial charge in [-0.25, -0.2) is 0 Å². The Kier molecular flexibility index (Phi) is 9.06. The first-order chi connectivity index (χ1) is 6.79. The minimum absolute atomic E-state index is 0.718. The fourth-order valence-corrected chi connectivity index (χ4v) is 2.11. The minimum Gasteiger partial charge on any atom is -0.314 e. The molecule has 1 N–H and O–H groups in total. The lowest BCUT2D eigenvalue weighted by Crippen LogP contribution is -2.35. The Labute approximate surface area is 90.0 Å². The fourth-order valence-electron chi connectivity index (χ4n) is 2.11. The van der Waals surface area contributed by atoms with Crippen LogP contribution in [0.25, 0.3) is 0 Å². The molecule has 14 heavy (non-hydrogen) atoms. The lowest BCUT2D eigenvalue weighted by molar-refractivity contribution is 0.318. The zero-order valence-corrected chi connectivity index (χ0v) is 10.2. The second-order valence-corrected chi connectivity index (χ2v) is 3.96. The Bertz CT molecular complexity index is 127. The molecule has 0 aromatic heterocycles. The Balaban J connectivity index is 3.90. The van der Waals surface area contributed by atoms with Crippen LogP contribution in [0.2, 0.25) is 0 Å². The molecule has 0 fully saturated rings. The molecular formula is C13H27N. The molecule has 84 valence electrons. The quantitative estimate of drug-likeness (QED) is 0.438. The highest BCUT2D eigenvalue weighted by Gasteiger charge is 2.16. The summed E-state index contributed by atoms with van der Waals surface area (Å²) in [5.74, 6) is 0.847. The van der Waals surface area contributed by atoms with Crippen LogP contribution in [0.15, 0.2) is 12.7 Å². The maximum Gasteiger partial charge on any atom is 0.00951 e. The predicted molar refractivity (Wildman–Crippen MR) is 65.6 cm³/mol. The number of hydrogen-bond donors (Lipinski definition) is 1. The Hall–Kier alpha value is -0.300. The molecule has 1 heteroatoms. The van der Waals surface area contributed by atoms with Crippen LogP contribution in [0.1, 0.15) is 52.9 Å². The van der Waals surface area contributed by atoms with Crippen LogP contribution in [0.3, 0.4) is 0 Å². The molecule has 0 aromatic rings. The molecule has 0 aliphatic carbocycles. The minimum atomic E-state index is 0.718. The van der Waals surface area contributed by atoms with Crippen molar-refractivity contribution < 1.29 is 0 Å². The van der Waals surface area contributed by atoms with E-state index in [1.807, 2.05) is 6.08 Å². The highest BCUT2D eigenvalue weighted by molar-refractivity contribution is 4.76. The fraction of sp³-hybridized carbons (Fsp3) is 0.846. The average Bonchev–Trinajstić information content (AvgIpc) is 2.20. The molecule has 0 aliphatic rings.